The molecule has 2 amide bonds. The van der Waals surface area contributed by atoms with E-state index in [0.29, 0.717) is 36.1 Å². The minimum absolute atomic E-state index is 0.259. The van der Waals surface area contributed by atoms with E-state index in [1.165, 1.54) is 15.6 Å². The fourth-order valence-corrected chi connectivity index (χ4v) is 5.96. The van der Waals surface area contributed by atoms with Crippen LogP contribution >= 0.6 is 11.3 Å². The van der Waals surface area contributed by atoms with Crippen LogP contribution in [-0.2, 0) is 14.8 Å². The first-order chi connectivity index (χ1) is 14.1. The van der Waals surface area contributed by atoms with Gasteiger partial charge in [0.05, 0.1) is 16.5 Å². The van der Waals surface area contributed by atoms with Crippen LogP contribution in [0, 0.1) is 13.8 Å². The highest BCUT2D eigenvalue weighted by atomic mass is 32.2. The Morgan fingerprint density at radius 3 is 2.40 bits per heavy atom. The van der Waals surface area contributed by atoms with Crippen molar-refractivity contribution in [1.29, 1.82) is 0 Å². The third-order valence-electron chi connectivity index (χ3n) is 5.32. The van der Waals surface area contributed by atoms with E-state index in [9.17, 15) is 18.0 Å². The Kier molecular flexibility index (Phi) is 6.61. The summed E-state index contributed by atoms with van der Waals surface area (Å²) < 4.78 is 27.5. The van der Waals surface area contributed by atoms with Crippen LogP contribution in [0.25, 0.3) is 0 Å². The number of aryl methyl sites for hydroxylation is 2. The minimum Gasteiger partial charge on any atom is -0.366 e. The van der Waals surface area contributed by atoms with Crippen LogP contribution in [0.15, 0.2) is 34.5 Å². The number of sulfonamides is 1. The Labute approximate surface area is 180 Å². The summed E-state index contributed by atoms with van der Waals surface area (Å²) in [5.41, 5.74) is 7.35. The summed E-state index contributed by atoms with van der Waals surface area (Å²) in [4.78, 5) is 26.3. The zero-order chi connectivity index (χ0) is 22.1. The van der Waals surface area contributed by atoms with E-state index < -0.39 is 22.0 Å². The number of nitrogens with one attached hydrogen (secondary N) is 1. The molecule has 10 heteroatoms. The first-order valence-electron chi connectivity index (χ1n) is 9.61. The van der Waals surface area contributed by atoms with Gasteiger partial charge in [-0.25, -0.2) is 8.42 Å². The number of primary amides is 1. The normalized spacial score (nSPS) is 16.9. The van der Waals surface area contributed by atoms with Crippen LogP contribution in [0.4, 0.5) is 5.00 Å². The standard InChI is InChI=1S/C20H26N4O4S2/c1-13-4-5-17(14(2)12-13)30(27,28)24-9-7-23(8-10-24)15(3)19(26)22-20-16(18(21)25)6-11-29-20/h4-6,11-12,15H,7-10H2,1-3H3,(H2,21,25)(H,22,26). The Morgan fingerprint density at radius 2 is 1.80 bits per heavy atom. The number of nitrogens with two attached hydrogens (primary N) is 1. The Balaban J connectivity index is 1.63. The lowest BCUT2D eigenvalue weighted by atomic mass is 10.2. The van der Waals surface area contributed by atoms with Gasteiger partial charge in [-0.3, -0.25) is 14.5 Å². The van der Waals surface area contributed by atoms with Gasteiger partial charge in [0.25, 0.3) is 5.91 Å². The second-order valence-corrected chi connectivity index (χ2v) is 10.2. The summed E-state index contributed by atoms with van der Waals surface area (Å²) in [6.45, 7) is 6.97. The first kappa shape index (κ1) is 22.4. The van der Waals surface area contributed by atoms with Crippen LogP contribution in [0.2, 0.25) is 0 Å². The summed E-state index contributed by atoms with van der Waals surface area (Å²) in [6.07, 6.45) is 0. The molecule has 0 aliphatic carbocycles. The maximum Gasteiger partial charge on any atom is 0.251 e. The molecule has 1 atom stereocenters. The maximum absolute atomic E-state index is 13.0. The number of amides is 2. The molecule has 3 N–H and O–H groups in total. The van der Waals surface area contributed by atoms with Crippen molar-refractivity contribution in [3.8, 4) is 0 Å². The predicted octanol–water partition coefficient (Wildman–Crippen LogP) is 1.80. The zero-order valence-electron chi connectivity index (χ0n) is 17.2. The molecule has 1 aromatic heterocycles. The Morgan fingerprint density at radius 1 is 1.13 bits per heavy atom. The first-order valence-corrected chi connectivity index (χ1v) is 11.9. The Bertz CT molecular complexity index is 1060. The van der Waals surface area contributed by atoms with Gasteiger partial charge in [0.15, 0.2) is 0 Å². The lowest BCUT2D eigenvalue weighted by molar-refractivity contribution is -0.121. The molecule has 3 rings (SSSR count). The van der Waals surface area contributed by atoms with Crippen LogP contribution in [-0.4, -0.2) is 61.7 Å². The molecule has 2 aromatic rings. The van der Waals surface area contributed by atoms with E-state index in [4.69, 9.17) is 5.73 Å². The molecule has 162 valence electrons. The topological polar surface area (TPSA) is 113 Å². The quantitative estimate of drug-likeness (QED) is 0.697. The van der Waals surface area contributed by atoms with E-state index >= 15 is 0 Å². The third-order valence-corrected chi connectivity index (χ3v) is 8.20. The summed E-state index contributed by atoms with van der Waals surface area (Å²) >= 11 is 1.24. The summed E-state index contributed by atoms with van der Waals surface area (Å²) in [7, 11) is -3.58. The molecule has 0 saturated carbocycles. The maximum atomic E-state index is 13.0. The van der Waals surface area contributed by atoms with Crippen LogP contribution < -0.4 is 11.1 Å². The average Bonchev–Trinajstić information content (AvgIpc) is 3.15. The number of rotatable bonds is 6. The average molecular weight is 451 g/mol. The third kappa shape index (κ3) is 4.56. The van der Waals surface area contributed by atoms with Gasteiger partial charge in [0.1, 0.15) is 5.00 Å². The highest BCUT2D eigenvalue weighted by molar-refractivity contribution is 7.89. The molecule has 1 saturated heterocycles. The zero-order valence-corrected chi connectivity index (χ0v) is 18.8. The van der Waals surface area contributed by atoms with Gasteiger partial charge in [-0.05, 0) is 43.8 Å². The number of piperazine rings is 1. The molecule has 2 heterocycles. The van der Waals surface area contributed by atoms with E-state index in [1.807, 2.05) is 17.9 Å². The SMILES string of the molecule is Cc1ccc(S(=O)(=O)N2CCN(C(C)C(=O)Nc3sccc3C(N)=O)CC2)c(C)c1. The number of hydrogen-bond acceptors (Lipinski definition) is 6. The monoisotopic (exact) mass is 450 g/mol. The number of nitrogens with zero attached hydrogens (tertiary/aromatic N) is 2. The molecule has 1 aromatic carbocycles. The van der Waals surface area contributed by atoms with Crippen molar-refractivity contribution in [3.63, 3.8) is 0 Å². The number of carbonyl (C=O) groups excluding carboxylic acids is 2. The lowest BCUT2D eigenvalue weighted by Gasteiger charge is -2.36. The fraction of sp³-hybridized carbons (Fsp3) is 0.400. The lowest BCUT2D eigenvalue weighted by Crippen LogP contribution is -2.54. The van der Waals surface area contributed by atoms with Gasteiger partial charge in [-0.1, -0.05) is 17.7 Å². The number of anilines is 1. The largest absolute Gasteiger partial charge is 0.366 e. The predicted molar refractivity (Wildman–Crippen MR) is 117 cm³/mol. The van der Waals surface area contributed by atoms with Gasteiger partial charge in [-0.2, -0.15) is 4.31 Å². The van der Waals surface area contributed by atoms with E-state index in [0.717, 1.165) is 11.1 Å². The molecule has 30 heavy (non-hydrogen) atoms. The van der Waals surface area contributed by atoms with Gasteiger partial charge < -0.3 is 11.1 Å². The smallest absolute Gasteiger partial charge is 0.251 e. The number of carbonyl (C=O) groups is 2. The molecule has 1 aliphatic rings. The summed E-state index contributed by atoms with van der Waals surface area (Å²) in [5.74, 6) is -0.852. The van der Waals surface area contributed by atoms with Gasteiger partial charge >= 0.3 is 0 Å². The Hall–Kier alpha value is -2.27. The number of benzene rings is 1. The van der Waals surface area contributed by atoms with Gasteiger partial charge in [-0.15, -0.1) is 11.3 Å². The molecule has 0 radical (unpaired) electrons. The molecular formula is C20H26N4O4S2. The highest BCUT2D eigenvalue weighted by Crippen LogP contribution is 2.25. The molecule has 1 aliphatic heterocycles. The van der Waals surface area contributed by atoms with Gasteiger partial charge in [0.2, 0.25) is 15.9 Å². The number of thiophene rings is 1. The van der Waals surface area contributed by atoms with Crippen molar-refractivity contribution in [2.45, 2.75) is 31.7 Å². The van der Waals surface area contributed by atoms with Crippen molar-refractivity contribution in [2.75, 3.05) is 31.5 Å². The molecule has 0 bridgehead atoms. The second-order valence-electron chi connectivity index (χ2n) is 7.40. The van der Waals surface area contributed by atoms with Crippen LogP contribution in [0.1, 0.15) is 28.4 Å². The molecule has 1 unspecified atom stereocenters. The molecule has 8 nitrogen and oxygen atoms in total. The van der Waals surface area contributed by atoms with Crippen molar-refractivity contribution in [1.82, 2.24) is 9.21 Å². The van der Waals surface area contributed by atoms with E-state index in [-0.39, 0.29) is 11.5 Å². The van der Waals surface area contributed by atoms with Crippen molar-refractivity contribution < 1.29 is 18.0 Å². The van der Waals surface area contributed by atoms with Gasteiger partial charge in [0, 0.05) is 26.2 Å². The molecule has 0 spiro atoms. The van der Waals surface area contributed by atoms with E-state index in [2.05, 4.69) is 5.32 Å². The van der Waals surface area contributed by atoms with E-state index in [1.54, 1.807) is 37.4 Å². The highest BCUT2D eigenvalue weighted by Gasteiger charge is 2.32. The van der Waals surface area contributed by atoms with Crippen LogP contribution in [0.5, 0.6) is 0 Å². The number of hydrogen-bond donors (Lipinski definition) is 2. The van der Waals surface area contributed by atoms with Crippen molar-refractivity contribution >= 4 is 38.2 Å². The summed E-state index contributed by atoms with van der Waals surface area (Å²) in [6, 6.07) is 6.41. The van der Waals surface area contributed by atoms with Crippen LogP contribution in [0.3, 0.4) is 0 Å². The summed E-state index contributed by atoms with van der Waals surface area (Å²) in [5, 5.41) is 4.87. The van der Waals surface area contributed by atoms with Crippen molar-refractivity contribution in [3.05, 3.63) is 46.3 Å². The minimum atomic E-state index is -3.58. The van der Waals surface area contributed by atoms with Crippen molar-refractivity contribution in [2.24, 2.45) is 5.73 Å². The fourth-order valence-electron chi connectivity index (χ4n) is 3.54. The molecule has 1 fully saturated rings. The molecular weight excluding hydrogens is 424 g/mol. The second kappa shape index (κ2) is 8.84.